The van der Waals surface area contributed by atoms with Crippen LogP contribution in [0.5, 0.6) is 5.75 Å². The summed E-state index contributed by atoms with van der Waals surface area (Å²) in [5.41, 5.74) is 1.68. The van der Waals surface area contributed by atoms with Crippen molar-refractivity contribution in [3.05, 3.63) is 94.5 Å². The van der Waals surface area contributed by atoms with Crippen LogP contribution >= 0.6 is 23.2 Å². The molecule has 2 atom stereocenters. The van der Waals surface area contributed by atoms with Crippen molar-refractivity contribution < 1.29 is 9.53 Å². The largest absolute Gasteiger partial charge is 0.480 e. The van der Waals surface area contributed by atoms with Crippen molar-refractivity contribution in [1.82, 2.24) is 0 Å². The molecule has 5 heteroatoms. The Kier molecular flexibility index (Phi) is 5.06. The molecule has 0 bridgehead atoms. The molecule has 0 spiro atoms. The van der Waals surface area contributed by atoms with E-state index in [9.17, 15) is 4.79 Å². The van der Waals surface area contributed by atoms with Gasteiger partial charge in [-0.05, 0) is 48.0 Å². The highest BCUT2D eigenvalue weighted by molar-refractivity contribution is 6.31. The minimum Gasteiger partial charge on any atom is -0.480 e. The fourth-order valence-corrected chi connectivity index (χ4v) is 3.79. The van der Waals surface area contributed by atoms with Crippen molar-refractivity contribution in [2.45, 2.75) is 18.6 Å². The van der Waals surface area contributed by atoms with Gasteiger partial charge in [0.1, 0.15) is 5.75 Å². The molecule has 0 unspecified atom stereocenters. The molecule has 136 valence electrons. The first-order valence-corrected chi connectivity index (χ1v) is 9.44. The fourth-order valence-electron chi connectivity index (χ4n) is 3.40. The van der Waals surface area contributed by atoms with Crippen LogP contribution in [0.15, 0.2) is 78.9 Å². The van der Waals surface area contributed by atoms with Gasteiger partial charge >= 0.3 is 0 Å². The summed E-state index contributed by atoms with van der Waals surface area (Å²) < 4.78 is 5.99. The van der Waals surface area contributed by atoms with Gasteiger partial charge < -0.3 is 9.64 Å². The van der Waals surface area contributed by atoms with Gasteiger partial charge in [0, 0.05) is 22.2 Å². The van der Waals surface area contributed by atoms with Crippen molar-refractivity contribution >= 4 is 34.8 Å². The van der Waals surface area contributed by atoms with Crippen LogP contribution in [0.2, 0.25) is 10.0 Å². The number of anilines is 1. The molecule has 0 radical (unpaired) electrons. The lowest BCUT2D eigenvalue weighted by Gasteiger charge is -2.25. The quantitative estimate of drug-likeness (QED) is 0.546. The normalized spacial score (nSPS) is 19.3. The molecule has 0 aliphatic carbocycles. The van der Waals surface area contributed by atoms with Gasteiger partial charge in [-0.2, -0.15) is 0 Å². The van der Waals surface area contributed by atoms with Gasteiger partial charge in [0.25, 0.3) is 5.91 Å². The molecule has 4 rings (SSSR count). The molecule has 1 fully saturated rings. The molecule has 27 heavy (non-hydrogen) atoms. The number of amides is 1. The first-order chi connectivity index (χ1) is 13.1. The average molecular weight is 398 g/mol. The predicted molar refractivity (Wildman–Crippen MR) is 109 cm³/mol. The van der Waals surface area contributed by atoms with E-state index in [4.69, 9.17) is 27.9 Å². The average Bonchev–Trinajstić information content (AvgIpc) is 3.00. The number of benzene rings is 3. The number of para-hydroxylation sites is 1. The molecule has 3 aromatic carbocycles. The number of ether oxygens (including phenoxy) is 1. The van der Waals surface area contributed by atoms with E-state index < -0.39 is 6.10 Å². The van der Waals surface area contributed by atoms with Crippen LogP contribution < -0.4 is 9.64 Å². The van der Waals surface area contributed by atoms with E-state index in [2.05, 4.69) is 0 Å². The number of hydrogen-bond donors (Lipinski definition) is 0. The zero-order chi connectivity index (χ0) is 18.8. The Bertz CT molecular complexity index is 944. The van der Waals surface area contributed by atoms with Gasteiger partial charge in [0.2, 0.25) is 0 Å². The Hall–Kier alpha value is -2.49. The molecule has 0 aromatic heterocycles. The van der Waals surface area contributed by atoms with Gasteiger partial charge in [-0.1, -0.05) is 59.6 Å². The van der Waals surface area contributed by atoms with Crippen LogP contribution in [0.25, 0.3) is 0 Å². The lowest BCUT2D eigenvalue weighted by Crippen LogP contribution is -2.33. The van der Waals surface area contributed by atoms with Gasteiger partial charge in [-0.25, -0.2) is 0 Å². The number of nitrogens with zero attached hydrogens (tertiary/aromatic N) is 1. The first kappa shape index (κ1) is 17.9. The molecule has 0 N–H and O–H groups in total. The van der Waals surface area contributed by atoms with Crippen LogP contribution in [0.1, 0.15) is 18.0 Å². The minimum atomic E-state index is -0.579. The number of halogens is 2. The third kappa shape index (κ3) is 3.66. The van der Waals surface area contributed by atoms with Gasteiger partial charge in [-0.3, -0.25) is 4.79 Å². The summed E-state index contributed by atoms with van der Waals surface area (Å²) in [5, 5.41) is 1.26. The molecule has 3 aromatic rings. The fraction of sp³-hybridized carbons (Fsp3) is 0.136. The SMILES string of the molecule is O=C1[C@H](Oc2ccccc2)C[C@@H](c2ccccc2Cl)N1c1ccc(Cl)cc1. The Labute approximate surface area is 168 Å². The van der Waals surface area contributed by atoms with E-state index in [0.29, 0.717) is 22.2 Å². The monoisotopic (exact) mass is 397 g/mol. The minimum absolute atomic E-state index is 0.0916. The maximum Gasteiger partial charge on any atom is 0.268 e. The summed E-state index contributed by atoms with van der Waals surface area (Å²) in [6.07, 6.45) is -0.0653. The Morgan fingerprint density at radius 2 is 1.52 bits per heavy atom. The van der Waals surface area contributed by atoms with Crippen molar-refractivity contribution in [2.75, 3.05) is 4.90 Å². The van der Waals surface area contributed by atoms with E-state index in [1.54, 1.807) is 17.0 Å². The second-order valence-corrected chi connectivity index (χ2v) is 7.22. The molecule has 3 nitrogen and oxygen atoms in total. The molecular formula is C22H17Cl2NO2. The van der Waals surface area contributed by atoms with E-state index in [0.717, 1.165) is 11.3 Å². The van der Waals surface area contributed by atoms with E-state index in [-0.39, 0.29) is 11.9 Å². The molecule has 1 amide bonds. The summed E-state index contributed by atoms with van der Waals surface area (Å²) in [6.45, 7) is 0. The summed E-state index contributed by atoms with van der Waals surface area (Å²) in [5.74, 6) is 0.581. The van der Waals surface area contributed by atoms with Crippen LogP contribution in [0.4, 0.5) is 5.69 Å². The molecule has 1 aliphatic rings. The number of carbonyl (C=O) groups excluding carboxylic acids is 1. The van der Waals surface area contributed by atoms with Crippen molar-refractivity contribution in [2.24, 2.45) is 0 Å². The number of hydrogen-bond acceptors (Lipinski definition) is 2. The first-order valence-electron chi connectivity index (χ1n) is 8.68. The molecule has 1 saturated heterocycles. The maximum absolute atomic E-state index is 13.2. The van der Waals surface area contributed by atoms with Gasteiger partial charge in [-0.15, -0.1) is 0 Å². The van der Waals surface area contributed by atoms with Crippen LogP contribution in [0.3, 0.4) is 0 Å². The second kappa shape index (κ2) is 7.63. The highest BCUT2D eigenvalue weighted by Gasteiger charge is 2.43. The number of rotatable bonds is 4. The van der Waals surface area contributed by atoms with Crippen LogP contribution in [0, 0.1) is 0 Å². The molecule has 1 heterocycles. The summed E-state index contributed by atoms with van der Waals surface area (Å²) >= 11 is 12.5. The van der Waals surface area contributed by atoms with Crippen LogP contribution in [-0.2, 0) is 4.79 Å². The second-order valence-electron chi connectivity index (χ2n) is 6.38. The topological polar surface area (TPSA) is 29.5 Å². The third-order valence-electron chi connectivity index (χ3n) is 4.65. The standard InChI is InChI=1S/C22H17Cl2NO2/c23-15-10-12-16(13-11-15)25-20(18-8-4-5-9-19(18)24)14-21(22(25)26)27-17-6-2-1-3-7-17/h1-13,20-21H,14H2/t20-,21+/m0/s1. The predicted octanol–water partition coefficient (Wildman–Crippen LogP) is 5.92. The van der Waals surface area contributed by atoms with Gasteiger partial charge in [0.05, 0.1) is 6.04 Å². The lowest BCUT2D eigenvalue weighted by atomic mass is 10.0. The number of carbonyl (C=O) groups is 1. The van der Waals surface area contributed by atoms with Crippen molar-refractivity contribution in [1.29, 1.82) is 0 Å². The van der Waals surface area contributed by atoms with Crippen molar-refractivity contribution in [3.8, 4) is 5.75 Å². The smallest absolute Gasteiger partial charge is 0.268 e. The molecule has 1 aliphatic heterocycles. The summed E-state index contributed by atoms with van der Waals surface area (Å²) in [7, 11) is 0. The highest BCUT2D eigenvalue weighted by Crippen LogP contribution is 2.41. The van der Waals surface area contributed by atoms with Gasteiger partial charge in [0.15, 0.2) is 6.10 Å². The zero-order valence-electron chi connectivity index (χ0n) is 14.4. The Balaban J connectivity index is 1.71. The van der Waals surface area contributed by atoms with Crippen molar-refractivity contribution in [3.63, 3.8) is 0 Å². The third-order valence-corrected chi connectivity index (χ3v) is 5.25. The lowest BCUT2D eigenvalue weighted by molar-refractivity contribution is -0.122. The summed E-state index contributed by atoms with van der Waals surface area (Å²) in [4.78, 5) is 15.0. The van der Waals surface area contributed by atoms with E-state index >= 15 is 0 Å². The maximum atomic E-state index is 13.2. The Morgan fingerprint density at radius 1 is 0.852 bits per heavy atom. The molecule has 0 saturated carbocycles. The summed E-state index contributed by atoms with van der Waals surface area (Å²) in [6, 6.07) is 24.0. The van der Waals surface area contributed by atoms with E-state index in [1.807, 2.05) is 66.7 Å². The highest BCUT2D eigenvalue weighted by atomic mass is 35.5. The zero-order valence-corrected chi connectivity index (χ0v) is 15.9. The van der Waals surface area contributed by atoms with E-state index in [1.165, 1.54) is 0 Å². The van der Waals surface area contributed by atoms with Crippen LogP contribution in [-0.4, -0.2) is 12.0 Å². The Morgan fingerprint density at radius 3 is 2.22 bits per heavy atom. The molecular weight excluding hydrogens is 381 g/mol.